The lowest BCUT2D eigenvalue weighted by Crippen LogP contribution is -2.34. The second-order valence-corrected chi connectivity index (χ2v) is 3.92. The molecule has 0 aliphatic carbocycles. The minimum Gasteiger partial charge on any atom is -0.481 e. The number of esters is 1. The molecule has 7 heteroatoms. The summed E-state index contributed by atoms with van der Waals surface area (Å²) in [5.74, 6) is -4.01. The first-order valence-electron chi connectivity index (χ1n) is 5.29. The second kappa shape index (κ2) is 7.44. The Labute approximate surface area is 104 Å². The van der Waals surface area contributed by atoms with Crippen LogP contribution >= 0.6 is 0 Å². The highest BCUT2D eigenvalue weighted by atomic mass is 16.5. The number of carbonyl (C=O) groups is 3. The molecule has 1 unspecified atom stereocenters. The molecule has 0 saturated carbocycles. The fourth-order valence-electron chi connectivity index (χ4n) is 1.17. The molecule has 0 aromatic rings. The van der Waals surface area contributed by atoms with E-state index < -0.39 is 29.9 Å². The number of nitrogens with two attached hydrogens (primary N) is 1. The third-order valence-corrected chi connectivity index (χ3v) is 2.25. The first-order valence-corrected chi connectivity index (χ1v) is 5.29. The summed E-state index contributed by atoms with van der Waals surface area (Å²) in [7, 11) is 0. The largest absolute Gasteiger partial charge is 0.481 e. The molecule has 0 rings (SSSR count). The molecule has 0 amide bonds. The highest BCUT2D eigenvalue weighted by molar-refractivity contribution is 5.86. The van der Waals surface area contributed by atoms with Gasteiger partial charge in [-0.15, -0.1) is 0 Å². The van der Waals surface area contributed by atoms with Gasteiger partial charge in [-0.25, -0.2) is 4.79 Å². The van der Waals surface area contributed by atoms with Crippen molar-refractivity contribution < 1.29 is 29.3 Å². The number of carboxylic acids is 2. The van der Waals surface area contributed by atoms with E-state index in [4.69, 9.17) is 20.7 Å². The van der Waals surface area contributed by atoms with Crippen LogP contribution in [0.4, 0.5) is 0 Å². The molecule has 4 N–H and O–H groups in total. The minimum absolute atomic E-state index is 0.00926. The van der Waals surface area contributed by atoms with Crippen molar-refractivity contribution in [2.75, 3.05) is 6.61 Å². The molecule has 18 heavy (non-hydrogen) atoms. The van der Waals surface area contributed by atoms with Crippen LogP contribution in [0.5, 0.6) is 0 Å². The summed E-state index contributed by atoms with van der Waals surface area (Å²) < 4.78 is 4.74. The summed E-state index contributed by atoms with van der Waals surface area (Å²) in [6.07, 6.45) is -0.204. The van der Waals surface area contributed by atoms with E-state index in [0.29, 0.717) is 0 Å². The standard InChI is InChI=1S/C11H17NO6/c1-6(2)11(17)18-4-3-7(9(13)14)5-8(12)10(15)16/h7-8H,1,3-5,12H2,2H3,(H,13,14)(H,15,16)/t7?,8-/m0/s1. The molecule has 0 spiro atoms. The lowest BCUT2D eigenvalue weighted by Gasteiger charge is -2.14. The lowest BCUT2D eigenvalue weighted by molar-refractivity contribution is -0.147. The highest BCUT2D eigenvalue weighted by Gasteiger charge is 2.24. The normalized spacial score (nSPS) is 13.4. The van der Waals surface area contributed by atoms with Crippen molar-refractivity contribution in [3.8, 4) is 0 Å². The van der Waals surface area contributed by atoms with Gasteiger partial charge >= 0.3 is 17.9 Å². The van der Waals surface area contributed by atoms with E-state index in [2.05, 4.69) is 6.58 Å². The van der Waals surface area contributed by atoms with Gasteiger partial charge in [-0.3, -0.25) is 9.59 Å². The average molecular weight is 259 g/mol. The molecular formula is C11H17NO6. The van der Waals surface area contributed by atoms with E-state index in [0.717, 1.165) is 0 Å². The van der Waals surface area contributed by atoms with E-state index in [1.807, 2.05) is 0 Å². The Balaban J connectivity index is 4.22. The van der Waals surface area contributed by atoms with Gasteiger partial charge in [0.05, 0.1) is 12.5 Å². The molecule has 0 bridgehead atoms. The van der Waals surface area contributed by atoms with Crippen LogP contribution in [0.3, 0.4) is 0 Å². The quantitative estimate of drug-likeness (QED) is 0.413. The van der Waals surface area contributed by atoms with Crippen LogP contribution in [0, 0.1) is 5.92 Å². The number of hydrogen-bond donors (Lipinski definition) is 3. The Hall–Kier alpha value is -1.89. The zero-order valence-corrected chi connectivity index (χ0v) is 10.1. The summed E-state index contributed by atoms with van der Waals surface area (Å²) in [5, 5.41) is 17.5. The molecule has 102 valence electrons. The van der Waals surface area contributed by atoms with Crippen LogP contribution in [0.25, 0.3) is 0 Å². The number of ether oxygens (including phenoxy) is 1. The second-order valence-electron chi connectivity index (χ2n) is 3.92. The van der Waals surface area contributed by atoms with Gasteiger partial charge in [-0.2, -0.15) is 0 Å². The van der Waals surface area contributed by atoms with Crippen LogP contribution in [0.15, 0.2) is 12.2 Å². The van der Waals surface area contributed by atoms with E-state index in [1.54, 1.807) is 0 Å². The number of carboxylic acid groups (broad SMARTS) is 2. The molecule has 0 aliphatic rings. The van der Waals surface area contributed by atoms with Gasteiger partial charge in [0.2, 0.25) is 0 Å². The zero-order valence-electron chi connectivity index (χ0n) is 10.1. The highest BCUT2D eigenvalue weighted by Crippen LogP contribution is 2.12. The zero-order chi connectivity index (χ0) is 14.3. The van der Waals surface area contributed by atoms with Crippen molar-refractivity contribution in [1.29, 1.82) is 0 Å². The smallest absolute Gasteiger partial charge is 0.333 e. The average Bonchev–Trinajstić information content (AvgIpc) is 2.26. The molecule has 0 saturated heterocycles. The molecule has 0 aliphatic heterocycles. The summed E-state index contributed by atoms with van der Waals surface area (Å²) in [4.78, 5) is 32.4. The van der Waals surface area contributed by atoms with Gasteiger partial charge in [0.15, 0.2) is 0 Å². The number of rotatable bonds is 8. The van der Waals surface area contributed by atoms with E-state index in [-0.39, 0.29) is 25.0 Å². The minimum atomic E-state index is -1.26. The lowest BCUT2D eigenvalue weighted by atomic mass is 9.97. The molecule has 0 heterocycles. The van der Waals surface area contributed by atoms with Crippen molar-refractivity contribution in [2.45, 2.75) is 25.8 Å². The number of aliphatic carboxylic acids is 2. The third kappa shape index (κ3) is 6.00. The molecule has 0 aromatic carbocycles. The predicted molar refractivity (Wildman–Crippen MR) is 61.7 cm³/mol. The fourth-order valence-corrected chi connectivity index (χ4v) is 1.17. The SMILES string of the molecule is C=C(C)C(=O)OCCC(C[C@H](N)C(=O)O)C(=O)O. The first-order chi connectivity index (χ1) is 8.25. The van der Waals surface area contributed by atoms with Crippen LogP contribution in [0.2, 0.25) is 0 Å². The summed E-state index contributed by atoms with van der Waals surface area (Å²) in [5.41, 5.74) is 5.46. The van der Waals surface area contributed by atoms with E-state index in [1.165, 1.54) is 6.92 Å². The molecule has 0 radical (unpaired) electrons. The maximum atomic E-state index is 11.0. The van der Waals surface area contributed by atoms with E-state index >= 15 is 0 Å². The third-order valence-electron chi connectivity index (χ3n) is 2.25. The predicted octanol–water partition coefficient (Wildman–Crippen LogP) is -0.00140. The van der Waals surface area contributed by atoms with Crippen LogP contribution in [-0.4, -0.2) is 40.8 Å². The molecule has 7 nitrogen and oxygen atoms in total. The van der Waals surface area contributed by atoms with Gasteiger partial charge in [-0.05, 0) is 19.8 Å². The van der Waals surface area contributed by atoms with Gasteiger partial charge in [0.1, 0.15) is 6.04 Å². The monoisotopic (exact) mass is 259 g/mol. The Morgan fingerprint density at radius 1 is 1.28 bits per heavy atom. The van der Waals surface area contributed by atoms with Crippen molar-refractivity contribution in [3.05, 3.63) is 12.2 Å². The van der Waals surface area contributed by atoms with Gasteiger partial charge < -0.3 is 20.7 Å². The summed E-state index contributed by atoms with van der Waals surface area (Å²) in [6, 6.07) is -1.25. The van der Waals surface area contributed by atoms with Crippen molar-refractivity contribution >= 4 is 17.9 Å². The fraction of sp³-hybridized carbons (Fsp3) is 0.545. The van der Waals surface area contributed by atoms with Crippen LogP contribution in [-0.2, 0) is 19.1 Å². The van der Waals surface area contributed by atoms with Crippen molar-refractivity contribution in [3.63, 3.8) is 0 Å². The van der Waals surface area contributed by atoms with Crippen molar-refractivity contribution in [2.24, 2.45) is 11.7 Å². The van der Waals surface area contributed by atoms with Gasteiger partial charge in [0, 0.05) is 5.57 Å². The molecule has 0 aromatic heterocycles. The Kier molecular flexibility index (Phi) is 6.66. The van der Waals surface area contributed by atoms with Crippen molar-refractivity contribution in [1.82, 2.24) is 0 Å². The molecule has 2 atom stereocenters. The Bertz CT molecular complexity index is 351. The Morgan fingerprint density at radius 3 is 2.22 bits per heavy atom. The maximum absolute atomic E-state index is 11.0. The van der Waals surface area contributed by atoms with Crippen LogP contribution in [0.1, 0.15) is 19.8 Å². The summed E-state index contributed by atoms with van der Waals surface area (Å²) >= 11 is 0. The maximum Gasteiger partial charge on any atom is 0.333 e. The molecule has 0 fully saturated rings. The van der Waals surface area contributed by atoms with E-state index in [9.17, 15) is 14.4 Å². The topological polar surface area (TPSA) is 127 Å². The first kappa shape index (κ1) is 16.1. The van der Waals surface area contributed by atoms with Gasteiger partial charge in [-0.1, -0.05) is 6.58 Å². The Morgan fingerprint density at radius 2 is 1.83 bits per heavy atom. The van der Waals surface area contributed by atoms with Crippen LogP contribution < -0.4 is 5.73 Å². The number of carbonyl (C=O) groups excluding carboxylic acids is 1. The summed E-state index contributed by atoms with van der Waals surface area (Å²) in [6.45, 7) is 4.72. The number of hydrogen-bond acceptors (Lipinski definition) is 5. The van der Waals surface area contributed by atoms with Gasteiger partial charge in [0.25, 0.3) is 0 Å². The molecular weight excluding hydrogens is 242 g/mol.